The maximum Gasteiger partial charge on any atom is 0.222 e. The molecule has 0 aromatic carbocycles. The number of pyridine rings is 1. The van der Waals surface area contributed by atoms with Crippen LogP contribution in [0, 0.1) is 5.41 Å². The zero-order valence-corrected chi connectivity index (χ0v) is 16.3. The molecule has 27 heavy (non-hydrogen) atoms. The first-order chi connectivity index (χ1) is 13.1. The summed E-state index contributed by atoms with van der Waals surface area (Å²) in [5.41, 5.74) is 0.270. The Morgan fingerprint density at radius 1 is 1.15 bits per heavy atom. The normalized spacial score (nSPS) is 19.7. The SMILES string of the molecule is O=C1CCC2(CCN(c3ccc(Cl)cn3)CC2)CN1CCCn1ccnc1. The number of piperidine rings is 2. The van der Waals surface area contributed by atoms with Gasteiger partial charge in [-0.25, -0.2) is 9.97 Å². The van der Waals surface area contributed by atoms with Gasteiger partial charge in [-0.05, 0) is 43.2 Å². The van der Waals surface area contributed by atoms with Crippen molar-refractivity contribution in [3.05, 3.63) is 42.1 Å². The maximum atomic E-state index is 12.4. The van der Waals surface area contributed by atoms with Crippen molar-refractivity contribution in [2.24, 2.45) is 5.41 Å². The number of aromatic nitrogens is 3. The number of amides is 1. The molecule has 0 bridgehead atoms. The van der Waals surface area contributed by atoms with Gasteiger partial charge in [-0.15, -0.1) is 0 Å². The second-order valence-corrected chi connectivity index (χ2v) is 8.23. The average molecular weight is 388 g/mol. The Bertz CT molecular complexity index is 753. The minimum atomic E-state index is 0.270. The Morgan fingerprint density at radius 2 is 2.00 bits per heavy atom. The summed E-state index contributed by atoms with van der Waals surface area (Å²) in [6.45, 7) is 4.63. The van der Waals surface area contributed by atoms with Crippen molar-refractivity contribution < 1.29 is 4.79 Å². The van der Waals surface area contributed by atoms with Crippen LogP contribution >= 0.6 is 11.6 Å². The summed E-state index contributed by atoms with van der Waals surface area (Å²) in [6.07, 6.45) is 12.2. The van der Waals surface area contributed by atoms with Crippen LogP contribution < -0.4 is 4.90 Å². The van der Waals surface area contributed by atoms with Gasteiger partial charge >= 0.3 is 0 Å². The van der Waals surface area contributed by atoms with Crippen LogP contribution in [0.2, 0.25) is 5.02 Å². The molecule has 2 saturated heterocycles. The van der Waals surface area contributed by atoms with Gasteiger partial charge in [0.05, 0.1) is 11.3 Å². The maximum absolute atomic E-state index is 12.4. The minimum absolute atomic E-state index is 0.270. The van der Waals surface area contributed by atoms with Crippen molar-refractivity contribution in [2.45, 2.75) is 38.6 Å². The van der Waals surface area contributed by atoms with E-state index in [4.69, 9.17) is 11.6 Å². The number of halogens is 1. The third-order valence-corrected chi connectivity index (χ3v) is 6.24. The van der Waals surface area contributed by atoms with Crippen LogP contribution in [0.25, 0.3) is 0 Å². The number of imidazole rings is 1. The summed E-state index contributed by atoms with van der Waals surface area (Å²) < 4.78 is 2.07. The van der Waals surface area contributed by atoms with E-state index in [1.165, 1.54) is 0 Å². The molecule has 2 aromatic rings. The van der Waals surface area contributed by atoms with E-state index in [-0.39, 0.29) is 5.41 Å². The fourth-order valence-electron chi connectivity index (χ4n) is 4.34. The summed E-state index contributed by atoms with van der Waals surface area (Å²) in [6, 6.07) is 3.89. The molecule has 0 radical (unpaired) electrons. The van der Waals surface area contributed by atoms with Crippen LogP contribution in [-0.4, -0.2) is 51.5 Å². The molecule has 2 aromatic heterocycles. The third kappa shape index (κ3) is 4.26. The topological polar surface area (TPSA) is 54.3 Å². The van der Waals surface area contributed by atoms with Gasteiger partial charge in [0.1, 0.15) is 5.82 Å². The highest BCUT2D eigenvalue weighted by atomic mass is 35.5. The lowest BCUT2D eigenvalue weighted by molar-refractivity contribution is -0.138. The molecular formula is C20H26ClN5O. The van der Waals surface area contributed by atoms with Gasteiger partial charge in [-0.2, -0.15) is 0 Å². The smallest absolute Gasteiger partial charge is 0.222 e. The molecule has 0 atom stereocenters. The number of likely N-dealkylation sites (tertiary alicyclic amines) is 1. The molecule has 2 fully saturated rings. The van der Waals surface area contributed by atoms with Gasteiger partial charge in [0.25, 0.3) is 0 Å². The van der Waals surface area contributed by atoms with Gasteiger partial charge < -0.3 is 14.4 Å². The summed E-state index contributed by atoms with van der Waals surface area (Å²) in [5, 5.41) is 0.671. The molecule has 0 unspecified atom stereocenters. The van der Waals surface area contributed by atoms with Crippen LogP contribution in [0.15, 0.2) is 37.1 Å². The number of carbonyl (C=O) groups excluding carboxylic acids is 1. The van der Waals surface area contributed by atoms with Gasteiger partial charge in [0.2, 0.25) is 5.91 Å². The lowest BCUT2D eigenvalue weighted by Crippen LogP contribution is -2.51. The molecule has 4 rings (SSSR count). The minimum Gasteiger partial charge on any atom is -0.357 e. The highest BCUT2D eigenvalue weighted by Crippen LogP contribution is 2.41. The first kappa shape index (κ1) is 18.3. The molecule has 2 aliphatic rings. The molecular weight excluding hydrogens is 362 g/mol. The fraction of sp³-hybridized carbons (Fsp3) is 0.550. The van der Waals surface area contributed by atoms with Gasteiger partial charge in [-0.3, -0.25) is 4.79 Å². The molecule has 0 N–H and O–H groups in total. The number of anilines is 1. The van der Waals surface area contributed by atoms with Gasteiger partial charge in [0.15, 0.2) is 0 Å². The van der Waals surface area contributed by atoms with E-state index < -0.39 is 0 Å². The van der Waals surface area contributed by atoms with E-state index in [0.717, 1.165) is 64.2 Å². The lowest BCUT2D eigenvalue weighted by Gasteiger charge is -2.47. The molecule has 1 amide bonds. The summed E-state index contributed by atoms with van der Waals surface area (Å²) in [7, 11) is 0. The standard InChI is InChI=1S/C20H26ClN5O/c21-17-2-3-18(23-14-17)25-11-6-20(7-12-25)5-4-19(27)26(15-20)10-1-9-24-13-8-22-16-24/h2-3,8,13-14,16H,1,4-7,9-12,15H2. The Kier molecular flexibility index (Phi) is 5.34. The number of aryl methyl sites for hydroxylation is 1. The Hall–Kier alpha value is -2.08. The molecule has 0 saturated carbocycles. The van der Waals surface area contributed by atoms with E-state index >= 15 is 0 Å². The van der Waals surface area contributed by atoms with Gasteiger partial charge in [-0.1, -0.05) is 11.6 Å². The Labute approximate surface area is 165 Å². The number of hydrogen-bond acceptors (Lipinski definition) is 4. The predicted octanol–water partition coefficient (Wildman–Crippen LogP) is 3.23. The van der Waals surface area contributed by atoms with Crippen LogP contribution in [0.5, 0.6) is 0 Å². The molecule has 7 heteroatoms. The van der Waals surface area contributed by atoms with Crippen LogP contribution in [0.3, 0.4) is 0 Å². The van der Waals surface area contributed by atoms with Crippen LogP contribution in [0.4, 0.5) is 5.82 Å². The first-order valence-corrected chi connectivity index (χ1v) is 10.1. The molecule has 2 aliphatic heterocycles. The third-order valence-electron chi connectivity index (χ3n) is 6.01. The summed E-state index contributed by atoms with van der Waals surface area (Å²) >= 11 is 5.95. The van der Waals surface area contributed by atoms with Crippen molar-refractivity contribution in [1.29, 1.82) is 0 Å². The van der Waals surface area contributed by atoms with Crippen molar-refractivity contribution in [1.82, 2.24) is 19.4 Å². The van der Waals surface area contributed by atoms with E-state index in [9.17, 15) is 4.79 Å². The molecule has 0 aliphatic carbocycles. The summed E-state index contributed by atoms with van der Waals surface area (Å²) in [4.78, 5) is 25.4. The number of carbonyl (C=O) groups is 1. The van der Waals surface area contributed by atoms with E-state index in [1.807, 2.05) is 24.7 Å². The molecule has 144 valence electrons. The largest absolute Gasteiger partial charge is 0.357 e. The highest BCUT2D eigenvalue weighted by Gasteiger charge is 2.40. The lowest BCUT2D eigenvalue weighted by atomic mass is 9.72. The summed E-state index contributed by atoms with van der Waals surface area (Å²) in [5.74, 6) is 1.31. The molecule has 4 heterocycles. The van der Waals surface area contributed by atoms with Crippen molar-refractivity contribution in [2.75, 3.05) is 31.1 Å². The van der Waals surface area contributed by atoms with Crippen molar-refractivity contribution in [3.8, 4) is 0 Å². The van der Waals surface area contributed by atoms with E-state index in [2.05, 4.69) is 24.3 Å². The molecule has 1 spiro atoms. The van der Waals surface area contributed by atoms with Gasteiger partial charge in [0, 0.05) is 57.7 Å². The zero-order valence-electron chi connectivity index (χ0n) is 15.6. The van der Waals surface area contributed by atoms with Crippen molar-refractivity contribution >= 4 is 23.3 Å². The van der Waals surface area contributed by atoms with E-state index in [1.54, 1.807) is 12.4 Å². The quantitative estimate of drug-likeness (QED) is 0.790. The first-order valence-electron chi connectivity index (χ1n) is 9.74. The monoisotopic (exact) mass is 387 g/mol. The molecule has 6 nitrogen and oxygen atoms in total. The number of rotatable bonds is 5. The average Bonchev–Trinajstić information content (AvgIpc) is 3.20. The second kappa shape index (κ2) is 7.89. The van der Waals surface area contributed by atoms with Crippen molar-refractivity contribution in [3.63, 3.8) is 0 Å². The number of hydrogen-bond donors (Lipinski definition) is 0. The number of nitrogens with zero attached hydrogens (tertiary/aromatic N) is 5. The zero-order chi connectivity index (χ0) is 18.7. The van der Waals surface area contributed by atoms with Crippen LogP contribution in [0.1, 0.15) is 32.1 Å². The second-order valence-electron chi connectivity index (χ2n) is 7.79. The van der Waals surface area contributed by atoms with Crippen LogP contribution in [-0.2, 0) is 11.3 Å². The fourth-order valence-corrected chi connectivity index (χ4v) is 4.45. The van der Waals surface area contributed by atoms with E-state index in [0.29, 0.717) is 17.4 Å². The predicted molar refractivity (Wildman–Crippen MR) is 106 cm³/mol. The Balaban J connectivity index is 1.32. The Morgan fingerprint density at radius 3 is 2.70 bits per heavy atom. The highest BCUT2D eigenvalue weighted by molar-refractivity contribution is 6.30.